The van der Waals surface area contributed by atoms with E-state index in [1.807, 2.05) is 18.2 Å². The maximum atomic E-state index is 12.8. The Kier molecular flexibility index (Phi) is 4.55. The average molecular weight is 338 g/mol. The van der Waals surface area contributed by atoms with Crippen LogP contribution in [0.4, 0.5) is 13.2 Å². The van der Waals surface area contributed by atoms with Crippen LogP contribution >= 0.6 is 0 Å². The first-order valence-electron chi connectivity index (χ1n) is 7.79. The van der Waals surface area contributed by atoms with Gasteiger partial charge in [-0.25, -0.2) is 0 Å². The van der Waals surface area contributed by atoms with Gasteiger partial charge >= 0.3 is 6.18 Å². The van der Waals surface area contributed by atoms with Crippen molar-refractivity contribution in [3.8, 4) is 5.69 Å². The summed E-state index contributed by atoms with van der Waals surface area (Å²) >= 11 is 0. The smallest absolute Gasteiger partial charge is 0.348 e. The Hall–Kier alpha value is -2.38. The molecule has 1 saturated carbocycles. The molecule has 1 amide bonds. The topological polar surface area (TPSA) is 59.8 Å². The van der Waals surface area contributed by atoms with Crippen LogP contribution in [0.3, 0.4) is 0 Å². The number of carbonyl (C=O) groups is 1. The molecule has 0 aliphatic heterocycles. The second-order valence-corrected chi connectivity index (χ2v) is 5.93. The highest BCUT2D eigenvalue weighted by Gasteiger charge is 2.42. The molecule has 1 aliphatic carbocycles. The van der Waals surface area contributed by atoms with Gasteiger partial charge in [-0.05, 0) is 31.4 Å². The summed E-state index contributed by atoms with van der Waals surface area (Å²) in [5.41, 5.74) is 0.791. The molecule has 1 aliphatic rings. The first-order valence-corrected chi connectivity index (χ1v) is 7.79. The predicted octanol–water partition coefficient (Wildman–Crippen LogP) is 3.12. The summed E-state index contributed by atoms with van der Waals surface area (Å²) in [6.07, 6.45) is -1.86. The van der Waals surface area contributed by atoms with Gasteiger partial charge in [0.2, 0.25) is 0 Å². The number of amides is 1. The number of halogens is 3. The fourth-order valence-corrected chi connectivity index (χ4v) is 2.93. The Morgan fingerprint density at radius 2 is 1.96 bits per heavy atom. The first kappa shape index (κ1) is 16.5. The number of hydrogen-bond acceptors (Lipinski definition) is 3. The van der Waals surface area contributed by atoms with E-state index in [9.17, 15) is 18.0 Å². The number of nitrogens with one attached hydrogen (secondary N) is 1. The van der Waals surface area contributed by atoms with E-state index in [2.05, 4.69) is 15.5 Å². The van der Waals surface area contributed by atoms with E-state index in [0.717, 1.165) is 0 Å². The molecule has 1 fully saturated rings. The summed E-state index contributed by atoms with van der Waals surface area (Å²) in [4.78, 5) is 13.5. The van der Waals surface area contributed by atoms with Crippen LogP contribution in [0.1, 0.15) is 36.2 Å². The van der Waals surface area contributed by atoms with Crippen molar-refractivity contribution >= 4 is 5.91 Å². The fourth-order valence-electron chi connectivity index (χ4n) is 2.93. The Morgan fingerprint density at radius 3 is 2.67 bits per heavy atom. The van der Waals surface area contributed by atoms with Crippen LogP contribution in [-0.4, -0.2) is 33.1 Å². The van der Waals surface area contributed by atoms with Crippen molar-refractivity contribution in [2.24, 2.45) is 5.92 Å². The van der Waals surface area contributed by atoms with Crippen molar-refractivity contribution in [3.05, 3.63) is 42.2 Å². The first-order chi connectivity index (χ1) is 11.4. The number of alkyl halides is 3. The van der Waals surface area contributed by atoms with Crippen LogP contribution in [-0.2, 0) is 0 Å². The summed E-state index contributed by atoms with van der Waals surface area (Å²) in [6, 6.07) is 8.57. The van der Waals surface area contributed by atoms with Crippen LogP contribution in [0.2, 0.25) is 0 Å². The lowest BCUT2D eigenvalue weighted by atomic mass is 9.85. The van der Waals surface area contributed by atoms with E-state index in [1.54, 1.807) is 12.1 Å². The van der Waals surface area contributed by atoms with Crippen LogP contribution in [0.5, 0.6) is 0 Å². The number of carbonyl (C=O) groups excluding carboxylic acids is 1. The highest BCUT2D eigenvalue weighted by atomic mass is 19.4. The zero-order valence-electron chi connectivity index (χ0n) is 12.8. The molecule has 24 heavy (non-hydrogen) atoms. The minimum Gasteiger partial charge on any atom is -0.348 e. The Morgan fingerprint density at radius 1 is 1.21 bits per heavy atom. The quantitative estimate of drug-likeness (QED) is 0.935. The Bertz CT molecular complexity index is 699. The SMILES string of the molecule is O=C(NC1CCCC(C(F)(F)F)C1)c1cnn(-c2ccccc2)n1. The highest BCUT2D eigenvalue weighted by molar-refractivity contribution is 5.92. The van der Waals surface area contributed by atoms with Crippen molar-refractivity contribution in [1.29, 1.82) is 0 Å². The number of para-hydroxylation sites is 1. The van der Waals surface area contributed by atoms with Gasteiger partial charge in [0, 0.05) is 6.04 Å². The van der Waals surface area contributed by atoms with Crippen molar-refractivity contribution < 1.29 is 18.0 Å². The van der Waals surface area contributed by atoms with Gasteiger partial charge in [0.05, 0.1) is 17.8 Å². The summed E-state index contributed by atoms with van der Waals surface area (Å²) in [7, 11) is 0. The second-order valence-electron chi connectivity index (χ2n) is 5.93. The van der Waals surface area contributed by atoms with Gasteiger partial charge in [-0.15, -0.1) is 5.10 Å². The van der Waals surface area contributed by atoms with E-state index < -0.39 is 24.0 Å². The maximum Gasteiger partial charge on any atom is 0.391 e. The minimum absolute atomic E-state index is 0.0813. The van der Waals surface area contributed by atoms with Gasteiger partial charge in [-0.1, -0.05) is 24.6 Å². The molecule has 2 unspecified atom stereocenters. The van der Waals surface area contributed by atoms with Crippen LogP contribution in [0.25, 0.3) is 5.69 Å². The molecule has 2 aromatic rings. The third-order valence-corrected chi connectivity index (χ3v) is 4.18. The van der Waals surface area contributed by atoms with Crippen molar-refractivity contribution in [2.75, 3.05) is 0 Å². The molecule has 128 valence electrons. The molecule has 2 atom stereocenters. The van der Waals surface area contributed by atoms with Gasteiger partial charge in [0.15, 0.2) is 5.69 Å². The van der Waals surface area contributed by atoms with Crippen LogP contribution in [0.15, 0.2) is 36.5 Å². The standard InChI is InChI=1S/C16H17F3N4O/c17-16(18,19)11-5-4-6-12(9-11)21-15(24)14-10-20-23(22-14)13-7-2-1-3-8-13/h1-3,7-8,10-12H,4-6,9H2,(H,21,24). The molecule has 0 saturated heterocycles. The molecular formula is C16H17F3N4O. The normalized spacial score (nSPS) is 21.5. The zero-order valence-corrected chi connectivity index (χ0v) is 12.8. The predicted molar refractivity (Wildman–Crippen MR) is 80.6 cm³/mol. The molecule has 1 aromatic heterocycles. The second kappa shape index (κ2) is 6.62. The molecule has 1 aromatic carbocycles. The number of rotatable bonds is 3. The Balaban J connectivity index is 1.64. The zero-order chi connectivity index (χ0) is 17.2. The van der Waals surface area contributed by atoms with Crippen LogP contribution in [0, 0.1) is 5.92 Å². The van der Waals surface area contributed by atoms with E-state index in [0.29, 0.717) is 18.5 Å². The summed E-state index contributed by atoms with van der Waals surface area (Å²) in [6.45, 7) is 0. The molecule has 5 nitrogen and oxygen atoms in total. The average Bonchev–Trinajstić information content (AvgIpc) is 3.05. The third-order valence-electron chi connectivity index (χ3n) is 4.18. The Labute approximate surface area is 136 Å². The molecule has 1 heterocycles. The van der Waals surface area contributed by atoms with E-state index in [4.69, 9.17) is 0 Å². The van der Waals surface area contributed by atoms with Gasteiger partial charge < -0.3 is 5.32 Å². The van der Waals surface area contributed by atoms with Crippen molar-refractivity contribution in [3.63, 3.8) is 0 Å². The molecule has 8 heteroatoms. The number of benzene rings is 1. The largest absolute Gasteiger partial charge is 0.391 e. The summed E-state index contributed by atoms with van der Waals surface area (Å²) in [5, 5.41) is 10.8. The molecular weight excluding hydrogens is 321 g/mol. The molecule has 1 N–H and O–H groups in total. The lowest BCUT2D eigenvalue weighted by molar-refractivity contribution is -0.183. The number of aromatic nitrogens is 3. The van der Waals surface area contributed by atoms with E-state index in [-0.39, 0.29) is 18.5 Å². The third kappa shape index (κ3) is 3.74. The van der Waals surface area contributed by atoms with E-state index in [1.165, 1.54) is 11.0 Å². The molecule has 0 spiro atoms. The summed E-state index contributed by atoms with van der Waals surface area (Å²) < 4.78 is 38.5. The van der Waals surface area contributed by atoms with Crippen molar-refractivity contribution in [2.45, 2.75) is 37.9 Å². The lowest BCUT2D eigenvalue weighted by Crippen LogP contribution is -2.41. The van der Waals surface area contributed by atoms with Gasteiger partial charge in [0.1, 0.15) is 0 Å². The van der Waals surface area contributed by atoms with Gasteiger partial charge in [-0.3, -0.25) is 4.79 Å². The lowest BCUT2D eigenvalue weighted by Gasteiger charge is -2.30. The number of nitrogens with zero attached hydrogens (tertiary/aromatic N) is 3. The fraction of sp³-hybridized carbons (Fsp3) is 0.438. The molecule has 0 radical (unpaired) electrons. The van der Waals surface area contributed by atoms with Crippen LogP contribution < -0.4 is 5.32 Å². The van der Waals surface area contributed by atoms with Gasteiger partial charge in [0.25, 0.3) is 5.91 Å². The van der Waals surface area contributed by atoms with E-state index >= 15 is 0 Å². The number of hydrogen-bond donors (Lipinski definition) is 1. The van der Waals surface area contributed by atoms with Gasteiger partial charge in [-0.2, -0.15) is 23.1 Å². The molecule has 3 rings (SSSR count). The van der Waals surface area contributed by atoms with Crippen molar-refractivity contribution in [1.82, 2.24) is 20.3 Å². The monoisotopic (exact) mass is 338 g/mol. The molecule has 0 bridgehead atoms. The summed E-state index contributed by atoms with van der Waals surface area (Å²) in [5.74, 6) is -1.85. The minimum atomic E-state index is -4.21. The maximum absolute atomic E-state index is 12.8. The highest BCUT2D eigenvalue weighted by Crippen LogP contribution is 2.37.